The molecule has 5 heteroatoms. The van der Waals surface area contributed by atoms with Crippen LogP contribution in [0.15, 0.2) is 47.3 Å². The van der Waals surface area contributed by atoms with Crippen LogP contribution in [0.3, 0.4) is 0 Å². The van der Waals surface area contributed by atoms with Crippen molar-refractivity contribution in [2.45, 2.75) is 33.5 Å². The van der Waals surface area contributed by atoms with Gasteiger partial charge in [-0.1, -0.05) is 53.6 Å². The summed E-state index contributed by atoms with van der Waals surface area (Å²) in [5.41, 5.74) is 6.26. The molecule has 3 aromatic rings. The minimum Gasteiger partial charge on any atom is -0.290 e. The van der Waals surface area contributed by atoms with Gasteiger partial charge in [-0.2, -0.15) is 5.10 Å². The maximum absolute atomic E-state index is 11.6. The maximum Gasteiger partial charge on any atom is 0.343 e. The fraction of sp³-hybridized carbons (Fsp3) is 0.300. The molecule has 0 saturated heterocycles. The second-order valence-electron chi connectivity index (χ2n) is 6.88. The number of nitrogens with one attached hydrogen (secondary N) is 1. The van der Waals surface area contributed by atoms with Gasteiger partial charge in [0.15, 0.2) is 0 Å². The zero-order valence-corrected chi connectivity index (χ0v) is 14.6. The van der Waals surface area contributed by atoms with Gasteiger partial charge in [-0.25, -0.2) is 9.89 Å². The predicted octanol–water partition coefficient (Wildman–Crippen LogP) is 2.87. The molecule has 1 aromatic heterocycles. The molecule has 0 saturated carbocycles. The van der Waals surface area contributed by atoms with E-state index >= 15 is 0 Å². The van der Waals surface area contributed by atoms with E-state index in [-0.39, 0.29) is 5.69 Å². The number of aryl methyl sites for hydroxylation is 2. The van der Waals surface area contributed by atoms with Crippen molar-refractivity contribution in [3.05, 3.63) is 75.5 Å². The fourth-order valence-electron chi connectivity index (χ4n) is 3.56. The Balaban J connectivity index is 1.48. The van der Waals surface area contributed by atoms with E-state index in [2.05, 4.69) is 71.4 Å². The van der Waals surface area contributed by atoms with Crippen LogP contribution < -0.4 is 5.69 Å². The van der Waals surface area contributed by atoms with Gasteiger partial charge in [-0.15, -0.1) is 0 Å². The number of hydrogen-bond donors (Lipinski definition) is 1. The van der Waals surface area contributed by atoms with Crippen molar-refractivity contribution in [3.8, 4) is 11.1 Å². The summed E-state index contributed by atoms with van der Waals surface area (Å²) in [7, 11) is 0. The van der Waals surface area contributed by atoms with Crippen molar-refractivity contribution < 1.29 is 0 Å². The lowest BCUT2D eigenvalue weighted by molar-refractivity contribution is 0.207. The van der Waals surface area contributed by atoms with Gasteiger partial charge in [0.25, 0.3) is 0 Å². The van der Waals surface area contributed by atoms with E-state index in [1.54, 1.807) is 4.57 Å². The number of aromatic amines is 1. The second kappa shape index (κ2) is 6.33. The van der Waals surface area contributed by atoms with Gasteiger partial charge >= 0.3 is 5.69 Å². The van der Waals surface area contributed by atoms with E-state index in [1.807, 2.05) is 0 Å². The Morgan fingerprint density at radius 2 is 1.72 bits per heavy atom. The summed E-state index contributed by atoms with van der Waals surface area (Å²) in [6.45, 7) is 7.41. The van der Waals surface area contributed by atoms with Gasteiger partial charge in [-0.3, -0.25) is 9.47 Å². The summed E-state index contributed by atoms with van der Waals surface area (Å²) >= 11 is 0. The van der Waals surface area contributed by atoms with Crippen molar-refractivity contribution in [1.29, 1.82) is 0 Å². The lowest BCUT2D eigenvalue weighted by Gasteiger charge is -2.26. The van der Waals surface area contributed by atoms with Crippen LogP contribution in [-0.2, 0) is 19.6 Å². The highest BCUT2D eigenvalue weighted by molar-refractivity contribution is 5.65. The zero-order valence-electron chi connectivity index (χ0n) is 14.6. The first kappa shape index (κ1) is 15.8. The van der Waals surface area contributed by atoms with Gasteiger partial charge < -0.3 is 0 Å². The lowest BCUT2D eigenvalue weighted by atomic mass is 10.00. The SMILES string of the molecule is Cc1cc(C)cc(-c2ccc(CN3CCn4c(n[nH]c4=O)C3)cc2)c1. The number of aromatic nitrogens is 3. The molecule has 0 spiro atoms. The molecule has 128 valence electrons. The fourth-order valence-corrected chi connectivity index (χ4v) is 3.56. The largest absolute Gasteiger partial charge is 0.343 e. The molecular formula is C20H22N4O. The van der Waals surface area contributed by atoms with Crippen LogP contribution >= 0.6 is 0 Å². The maximum atomic E-state index is 11.6. The normalized spacial score (nSPS) is 14.5. The van der Waals surface area contributed by atoms with Gasteiger partial charge in [0.05, 0.1) is 6.54 Å². The van der Waals surface area contributed by atoms with Crippen LogP contribution in [0.1, 0.15) is 22.5 Å². The monoisotopic (exact) mass is 334 g/mol. The molecule has 0 unspecified atom stereocenters. The van der Waals surface area contributed by atoms with E-state index in [4.69, 9.17) is 0 Å². The molecule has 5 nitrogen and oxygen atoms in total. The molecule has 4 rings (SSSR count). The van der Waals surface area contributed by atoms with Gasteiger partial charge in [-0.05, 0) is 30.5 Å². The first-order chi connectivity index (χ1) is 12.1. The number of rotatable bonds is 3. The Kier molecular flexibility index (Phi) is 4.01. The first-order valence-electron chi connectivity index (χ1n) is 8.62. The van der Waals surface area contributed by atoms with E-state index in [0.717, 1.165) is 18.9 Å². The van der Waals surface area contributed by atoms with E-state index in [0.29, 0.717) is 13.1 Å². The van der Waals surface area contributed by atoms with Crippen LogP contribution in [0.4, 0.5) is 0 Å². The molecule has 0 amide bonds. The number of hydrogen-bond acceptors (Lipinski definition) is 3. The zero-order chi connectivity index (χ0) is 17.4. The third kappa shape index (κ3) is 3.28. The molecular weight excluding hydrogens is 312 g/mol. The summed E-state index contributed by atoms with van der Waals surface area (Å²) in [4.78, 5) is 13.9. The van der Waals surface area contributed by atoms with E-state index in [1.165, 1.54) is 27.8 Å². The van der Waals surface area contributed by atoms with Crippen LogP contribution in [0.2, 0.25) is 0 Å². The Hall–Kier alpha value is -2.66. The summed E-state index contributed by atoms with van der Waals surface area (Å²) in [6.07, 6.45) is 0. The van der Waals surface area contributed by atoms with Gasteiger partial charge in [0.2, 0.25) is 0 Å². The van der Waals surface area contributed by atoms with Crippen molar-refractivity contribution in [2.24, 2.45) is 0 Å². The number of H-pyrrole nitrogens is 1. The molecule has 2 heterocycles. The standard InChI is InChI=1S/C20H22N4O/c1-14-9-15(2)11-18(10-14)17-5-3-16(4-6-17)12-23-7-8-24-19(13-23)21-22-20(24)25/h3-6,9-11H,7-8,12-13H2,1-2H3,(H,22,25). The highest BCUT2D eigenvalue weighted by Gasteiger charge is 2.19. The third-order valence-electron chi connectivity index (χ3n) is 4.76. The molecule has 1 aliphatic rings. The number of fused-ring (bicyclic) bond motifs is 1. The molecule has 0 fully saturated rings. The number of benzene rings is 2. The Morgan fingerprint density at radius 3 is 2.44 bits per heavy atom. The van der Waals surface area contributed by atoms with Crippen molar-refractivity contribution in [2.75, 3.05) is 6.54 Å². The van der Waals surface area contributed by atoms with E-state index < -0.39 is 0 Å². The average Bonchev–Trinajstić information content (AvgIpc) is 2.95. The minimum atomic E-state index is -0.104. The summed E-state index contributed by atoms with van der Waals surface area (Å²) in [6, 6.07) is 15.4. The highest BCUT2D eigenvalue weighted by atomic mass is 16.1. The molecule has 0 bridgehead atoms. The molecule has 2 aromatic carbocycles. The van der Waals surface area contributed by atoms with Crippen LogP contribution in [0, 0.1) is 13.8 Å². The van der Waals surface area contributed by atoms with Crippen molar-refractivity contribution >= 4 is 0 Å². The van der Waals surface area contributed by atoms with Crippen LogP contribution in [0.5, 0.6) is 0 Å². The molecule has 0 radical (unpaired) electrons. The Labute approximate surface area is 146 Å². The topological polar surface area (TPSA) is 53.9 Å². The smallest absolute Gasteiger partial charge is 0.290 e. The van der Waals surface area contributed by atoms with Gasteiger partial charge in [0, 0.05) is 19.6 Å². The molecule has 25 heavy (non-hydrogen) atoms. The van der Waals surface area contributed by atoms with Crippen molar-refractivity contribution in [1.82, 2.24) is 19.7 Å². The first-order valence-corrected chi connectivity index (χ1v) is 8.62. The third-order valence-corrected chi connectivity index (χ3v) is 4.76. The Morgan fingerprint density at radius 1 is 1.00 bits per heavy atom. The highest BCUT2D eigenvalue weighted by Crippen LogP contribution is 2.23. The predicted molar refractivity (Wildman–Crippen MR) is 98.3 cm³/mol. The summed E-state index contributed by atoms with van der Waals surface area (Å²) in [5, 5.41) is 6.63. The summed E-state index contributed by atoms with van der Waals surface area (Å²) in [5.74, 6) is 0.822. The molecule has 0 aliphatic carbocycles. The average molecular weight is 334 g/mol. The van der Waals surface area contributed by atoms with E-state index in [9.17, 15) is 4.79 Å². The quantitative estimate of drug-likeness (QED) is 0.801. The number of nitrogens with zero attached hydrogens (tertiary/aromatic N) is 3. The second-order valence-corrected chi connectivity index (χ2v) is 6.88. The van der Waals surface area contributed by atoms with Gasteiger partial charge in [0.1, 0.15) is 5.82 Å². The van der Waals surface area contributed by atoms with Crippen LogP contribution in [-0.4, -0.2) is 26.2 Å². The summed E-state index contributed by atoms with van der Waals surface area (Å²) < 4.78 is 1.72. The van der Waals surface area contributed by atoms with Crippen LogP contribution in [0.25, 0.3) is 11.1 Å². The minimum absolute atomic E-state index is 0.104. The van der Waals surface area contributed by atoms with Crippen molar-refractivity contribution in [3.63, 3.8) is 0 Å². The molecule has 0 atom stereocenters. The molecule has 1 aliphatic heterocycles. The molecule has 1 N–H and O–H groups in total. The Bertz CT molecular complexity index is 932. The lowest BCUT2D eigenvalue weighted by Crippen LogP contribution is -2.36.